The number of halogens is 1. The number of hydrogen-bond donors (Lipinski definition) is 3. The fourth-order valence-corrected chi connectivity index (χ4v) is 3.23. The summed E-state index contributed by atoms with van der Waals surface area (Å²) in [5.41, 5.74) is 7.96. The largest absolute Gasteiger partial charge is 0.369 e. The van der Waals surface area contributed by atoms with Gasteiger partial charge in [-0.05, 0) is 36.4 Å². The molecule has 1 heterocycles. The third kappa shape index (κ3) is 8.47. The molecule has 0 aromatic heterocycles. The van der Waals surface area contributed by atoms with E-state index in [0.29, 0.717) is 5.92 Å². The molecule has 2 rings (SSSR count). The van der Waals surface area contributed by atoms with Gasteiger partial charge in [-0.2, -0.15) is 0 Å². The normalized spacial score (nSPS) is 18.1. The number of hydrogen-bond acceptors (Lipinski definition) is 3. The number of aliphatic imine (C=N–C) groups is 1. The minimum absolute atomic E-state index is 0. The van der Waals surface area contributed by atoms with E-state index >= 15 is 0 Å². The number of carbonyl (C=O) groups excluding carboxylic acids is 1. The van der Waals surface area contributed by atoms with Crippen LogP contribution in [0.25, 0.3) is 0 Å². The van der Waals surface area contributed by atoms with Crippen molar-refractivity contribution in [3.63, 3.8) is 0 Å². The van der Waals surface area contributed by atoms with Gasteiger partial charge in [-0.3, -0.25) is 14.7 Å². The van der Waals surface area contributed by atoms with Gasteiger partial charge in [-0.25, -0.2) is 0 Å². The quantitative estimate of drug-likeness (QED) is 0.313. The first-order valence-corrected chi connectivity index (χ1v) is 9.52. The average molecular weight is 487 g/mol. The van der Waals surface area contributed by atoms with Crippen LogP contribution in [0.4, 0.5) is 0 Å². The Labute approximate surface area is 180 Å². The van der Waals surface area contributed by atoms with Crippen LogP contribution < -0.4 is 16.4 Å². The summed E-state index contributed by atoms with van der Waals surface area (Å²) in [5, 5.41) is 6.68. The highest BCUT2D eigenvalue weighted by atomic mass is 127. The van der Waals surface area contributed by atoms with Crippen LogP contribution in [0.1, 0.15) is 37.8 Å². The number of likely N-dealkylation sites (tertiary alicyclic amines) is 1. The maximum Gasteiger partial charge on any atom is 0.221 e. The maximum atomic E-state index is 11.4. The van der Waals surface area contributed by atoms with Crippen molar-refractivity contribution in [1.29, 1.82) is 0 Å². The highest BCUT2D eigenvalue weighted by Gasteiger charge is 2.23. The molecule has 1 aliphatic rings. The summed E-state index contributed by atoms with van der Waals surface area (Å²) in [6, 6.07) is 8.57. The number of carbonyl (C=O) groups is 1. The molecule has 1 atom stereocenters. The second-order valence-electron chi connectivity index (χ2n) is 7.50. The summed E-state index contributed by atoms with van der Waals surface area (Å²) in [7, 11) is 1.79. The topological polar surface area (TPSA) is 82.8 Å². The van der Waals surface area contributed by atoms with Crippen molar-refractivity contribution < 1.29 is 4.79 Å². The van der Waals surface area contributed by atoms with E-state index in [0.717, 1.165) is 51.5 Å². The highest BCUT2D eigenvalue weighted by Crippen LogP contribution is 2.18. The van der Waals surface area contributed by atoms with Gasteiger partial charge in [0.1, 0.15) is 0 Å². The molecule has 0 bridgehead atoms. The van der Waals surface area contributed by atoms with Crippen LogP contribution in [0, 0.1) is 11.8 Å². The molecule has 1 amide bonds. The smallest absolute Gasteiger partial charge is 0.221 e. The van der Waals surface area contributed by atoms with Crippen LogP contribution in [0.3, 0.4) is 0 Å². The molecule has 1 aliphatic heterocycles. The second kappa shape index (κ2) is 12.2. The Bertz CT molecular complexity index is 620. The lowest BCUT2D eigenvalue weighted by Gasteiger charge is -2.31. The number of nitrogens with zero attached hydrogens (tertiary/aromatic N) is 2. The van der Waals surface area contributed by atoms with Crippen LogP contribution in [0.2, 0.25) is 0 Å². The SMILES string of the molecule is CN=C(NCc1cccc(CN2CCCC(C(N)=O)C2)c1)NCC(C)C.I. The van der Waals surface area contributed by atoms with Crippen molar-refractivity contribution in [3.8, 4) is 0 Å². The number of nitrogens with two attached hydrogens (primary N) is 1. The van der Waals surface area contributed by atoms with E-state index in [9.17, 15) is 4.79 Å². The van der Waals surface area contributed by atoms with Gasteiger partial charge in [0.25, 0.3) is 0 Å². The molecule has 1 unspecified atom stereocenters. The van der Waals surface area contributed by atoms with E-state index in [1.807, 2.05) is 0 Å². The van der Waals surface area contributed by atoms with E-state index in [4.69, 9.17) is 5.73 Å². The van der Waals surface area contributed by atoms with E-state index < -0.39 is 0 Å². The lowest BCUT2D eigenvalue weighted by molar-refractivity contribution is -0.123. The molecule has 0 saturated carbocycles. The average Bonchev–Trinajstić information content (AvgIpc) is 2.62. The van der Waals surface area contributed by atoms with Crippen LogP contribution in [0.15, 0.2) is 29.3 Å². The minimum Gasteiger partial charge on any atom is -0.369 e. The number of guanidine groups is 1. The van der Waals surface area contributed by atoms with E-state index in [1.165, 1.54) is 11.1 Å². The van der Waals surface area contributed by atoms with Gasteiger partial charge in [0, 0.05) is 33.2 Å². The van der Waals surface area contributed by atoms with Crippen molar-refractivity contribution in [2.45, 2.75) is 39.8 Å². The number of amides is 1. The molecular formula is C20H34IN5O. The number of piperidine rings is 1. The molecule has 4 N–H and O–H groups in total. The van der Waals surface area contributed by atoms with Crippen molar-refractivity contribution in [2.75, 3.05) is 26.7 Å². The lowest BCUT2D eigenvalue weighted by Crippen LogP contribution is -2.40. The van der Waals surface area contributed by atoms with Crippen molar-refractivity contribution in [3.05, 3.63) is 35.4 Å². The van der Waals surface area contributed by atoms with Crippen molar-refractivity contribution in [2.24, 2.45) is 22.6 Å². The predicted octanol–water partition coefficient (Wildman–Crippen LogP) is 2.32. The monoisotopic (exact) mass is 487 g/mol. The molecule has 0 aliphatic carbocycles. The fourth-order valence-electron chi connectivity index (χ4n) is 3.23. The summed E-state index contributed by atoms with van der Waals surface area (Å²) in [6.07, 6.45) is 1.95. The Morgan fingerprint density at radius 2 is 2.07 bits per heavy atom. The van der Waals surface area contributed by atoms with Gasteiger partial charge in [0.05, 0.1) is 5.92 Å². The summed E-state index contributed by atoms with van der Waals surface area (Å²) < 4.78 is 0. The summed E-state index contributed by atoms with van der Waals surface area (Å²) in [5.74, 6) is 1.21. The number of rotatable bonds is 7. The van der Waals surface area contributed by atoms with Crippen molar-refractivity contribution in [1.82, 2.24) is 15.5 Å². The van der Waals surface area contributed by atoms with Gasteiger partial charge in [0.2, 0.25) is 5.91 Å². The number of benzene rings is 1. The van der Waals surface area contributed by atoms with Gasteiger partial charge in [-0.1, -0.05) is 38.1 Å². The first kappa shape index (κ1) is 23.7. The van der Waals surface area contributed by atoms with Gasteiger partial charge < -0.3 is 16.4 Å². The summed E-state index contributed by atoms with van der Waals surface area (Å²) in [4.78, 5) is 18.0. The molecule has 1 aromatic rings. The fraction of sp³-hybridized carbons (Fsp3) is 0.600. The molecule has 6 nitrogen and oxygen atoms in total. The first-order valence-electron chi connectivity index (χ1n) is 9.52. The third-order valence-electron chi connectivity index (χ3n) is 4.67. The Kier molecular flexibility index (Phi) is 10.7. The summed E-state index contributed by atoms with van der Waals surface area (Å²) in [6.45, 7) is 8.63. The molecule has 1 aromatic carbocycles. The Morgan fingerprint density at radius 1 is 1.33 bits per heavy atom. The molecule has 1 saturated heterocycles. The Balaban J connectivity index is 0.00000364. The summed E-state index contributed by atoms with van der Waals surface area (Å²) >= 11 is 0. The van der Waals surface area contributed by atoms with Crippen LogP contribution >= 0.6 is 24.0 Å². The Morgan fingerprint density at radius 3 is 2.74 bits per heavy atom. The molecule has 7 heteroatoms. The molecule has 27 heavy (non-hydrogen) atoms. The maximum absolute atomic E-state index is 11.4. The zero-order valence-electron chi connectivity index (χ0n) is 16.7. The molecule has 0 radical (unpaired) electrons. The lowest BCUT2D eigenvalue weighted by atomic mass is 9.97. The van der Waals surface area contributed by atoms with Crippen LogP contribution in [-0.2, 0) is 17.9 Å². The predicted molar refractivity (Wildman–Crippen MR) is 122 cm³/mol. The number of primary amides is 1. The van der Waals surface area contributed by atoms with Gasteiger partial charge in [-0.15, -0.1) is 24.0 Å². The third-order valence-corrected chi connectivity index (χ3v) is 4.67. The van der Waals surface area contributed by atoms with Crippen molar-refractivity contribution >= 4 is 35.8 Å². The van der Waals surface area contributed by atoms with Gasteiger partial charge >= 0.3 is 0 Å². The molecule has 1 fully saturated rings. The standard InChI is InChI=1S/C20H33N5O.HI/c1-15(2)11-23-20(22-3)24-12-16-6-4-7-17(10-16)13-25-9-5-8-18(14-25)19(21)26;/h4,6-7,10,15,18H,5,8-9,11-14H2,1-3H3,(H2,21,26)(H2,22,23,24);1H. The highest BCUT2D eigenvalue weighted by molar-refractivity contribution is 14.0. The second-order valence-corrected chi connectivity index (χ2v) is 7.50. The van der Waals surface area contributed by atoms with Crippen LogP contribution in [-0.4, -0.2) is 43.4 Å². The zero-order valence-corrected chi connectivity index (χ0v) is 19.0. The van der Waals surface area contributed by atoms with Gasteiger partial charge in [0.15, 0.2) is 5.96 Å². The zero-order chi connectivity index (χ0) is 18.9. The number of nitrogens with one attached hydrogen (secondary N) is 2. The van der Waals surface area contributed by atoms with Crippen LogP contribution in [0.5, 0.6) is 0 Å². The van der Waals surface area contributed by atoms with E-state index in [2.05, 4.69) is 58.6 Å². The molecular weight excluding hydrogens is 453 g/mol. The molecule has 0 spiro atoms. The first-order chi connectivity index (χ1) is 12.5. The minimum atomic E-state index is -0.173. The van der Waals surface area contributed by atoms with E-state index in [-0.39, 0.29) is 35.8 Å². The molecule has 152 valence electrons. The Hall–Kier alpha value is -1.35. The van der Waals surface area contributed by atoms with E-state index in [1.54, 1.807) is 7.05 Å².